The van der Waals surface area contributed by atoms with Gasteiger partial charge in [0, 0.05) is 6.54 Å². The molecule has 2 rings (SSSR count). The van der Waals surface area contributed by atoms with Crippen LogP contribution in [0, 0.1) is 0 Å². The summed E-state index contributed by atoms with van der Waals surface area (Å²) in [5.41, 5.74) is 1.41. The first-order valence-corrected chi connectivity index (χ1v) is 9.68. The molecule has 0 unspecified atom stereocenters. The lowest BCUT2D eigenvalue weighted by molar-refractivity contribution is -0.245. The minimum Gasteiger partial charge on any atom is -0.391 e. The fraction of sp³-hybridized carbons (Fsp3) is 0.700. The van der Waals surface area contributed by atoms with E-state index in [9.17, 15) is 15.3 Å². The molecule has 0 spiro atoms. The van der Waals surface area contributed by atoms with E-state index in [1.807, 2.05) is 6.07 Å². The number of aliphatic hydroxyl groups is 4. The number of ether oxygens (including phenoxy) is 1. The molecule has 1 heterocycles. The van der Waals surface area contributed by atoms with Crippen molar-refractivity contribution in [2.75, 3.05) is 19.7 Å². The Balaban J connectivity index is 1.44. The summed E-state index contributed by atoms with van der Waals surface area (Å²) in [6, 6.07) is 10.6. The molecule has 1 fully saturated rings. The summed E-state index contributed by atoms with van der Waals surface area (Å²) >= 11 is 0. The molecule has 148 valence electrons. The quantitative estimate of drug-likeness (QED) is 0.353. The lowest BCUT2D eigenvalue weighted by atomic mass is 10.0. The summed E-state index contributed by atoms with van der Waals surface area (Å²) in [6.45, 7) is 0.383. The topological polar surface area (TPSA) is 102 Å². The SMILES string of the molecule is OC[C@]1(O)O[C@H](CNCCCCCCCCc2ccccc2)[C@H](O)[C@H]1O. The standard InChI is InChI=1S/C20H33NO5/c22-15-20(25)19(24)18(23)17(26-20)14-21-13-9-4-2-1-3-6-10-16-11-7-5-8-12-16/h5,7-8,11-12,17-19,21-25H,1-4,6,9-10,13-15H2/t17-,18+,19-,20+/m1/s1. The van der Waals surface area contributed by atoms with Gasteiger partial charge in [0.2, 0.25) is 5.79 Å². The minimum atomic E-state index is -2.06. The summed E-state index contributed by atoms with van der Waals surface area (Å²) in [7, 11) is 0. The van der Waals surface area contributed by atoms with Crippen LogP contribution in [0.3, 0.4) is 0 Å². The van der Waals surface area contributed by atoms with Crippen molar-refractivity contribution in [2.24, 2.45) is 0 Å². The van der Waals surface area contributed by atoms with Gasteiger partial charge in [-0.3, -0.25) is 0 Å². The Labute approximate surface area is 155 Å². The molecule has 1 aromatic rings. The van der Waals surface area contributed by atoms with Crippen LogP contribution in [0.5, 0.6) is 0 Å². The van der Waals surface area contributed by atoms with Gasteiger partial charge < -0.3 is 30.5 Å². The van der Waals surface area contributed by atoms with E-state index in [2.05, 4.69) is 29.6 Å². The Morgan fingerprint density at radius 2 is 1.62 bits per heavy atom. The summed E-state index contributed by atoms with van der Waals surface area (Å²) in [5, 5.41) is 41.6. The maximum absolute atomic E-state index is 9.84. The predicted octanol–water partition coefficient (Wildman–Crippen LogP) is 0.961. The van der Waals surface area contributed by atoms with Crippen molar-refractivity contribution in [1.82, 2.24) is 5.32 Å². The van der Waals surface area contributed by atoms with Crippen molar-refractivity contribution in [1.29, 1.82) is 0 Å². The molecule has 0 radical (unpaired) electrons. The second kappa shape index (κ2) is 11.0. The van der Waals surface area contributed by atoms with Crippen molar-refractivity contribution in [2.45, 2.75) is 69.0 Å². The molecule has 0 amide bonds. The normalized spacial score (nSPS) is 28.5. The molecule has 26 heavy (non-hydrogen) atoms. The second-order valence-electron chi connectivity index (χ2n) is 7.16. The van der Waals surface area contributed by atoms with Crippen LogP contribution in [0.15, 0.2) is 30.3 Å². The minimum absolute atomic E-state index is 0.331. The molecule has 6 nitrogen and oxygen atoms in total. The number of benzene rings is 1. The monoisotopic (exact) mass is 367 g/mol. The summed E-state index contributed by atoms with van der Waals surface area (Å²) in [6.07, 6.45) is 4.86. The highest BCUT2D eigenvalue weighted by Gasteiger charge is 2.52. The van der Waals surface area contributed by atoms with Crippen LogP contribution in [0.2, 0.25) is 0 Å². The molecule has 6 heteroatoms. The van der Waals surface area contributed by atoms with E-state index < -0.39 is 30.7 Å². The van der Waals surface area contributed by atoms with Crippen molar-refractivity contribution < 1.29 is 25.2 Å². The predicted molar refractivity (Wildman–Crippen MR) is 99.6 cm³/mol. The van der Waals surface area contributed by atoms with Gasteiger partial charge in [0.15, 0.2) is 0 Å². The van der Waals surface area contributed by atoms with Gasteiger partial charge in [-0.25, -0.2) is 0 Å². The molecule has 0 aromatic heterocycles. The molecular weight excluding hydrogens is 334 g/mol. The zero-order valence-corrected chi connectivity index (χ0v) is 15.4. The number of unbranched alkanes of at least 4 members (excludes halogenated alkanes) is 5. The third kappa shape index (κ3) is 6.30. The number of aryl methyl sites for hydroxylation is 1. The maximum Gasteiger partial charge on any atom is 0.219 e. The van der Waals surface area contributed by atoms with Crippen LogP contribution in [-0.4, -0.2) is 64.2 Å². The van der Waals surface area contributed by atoms with Gasteiger partial charge in [-0.2, -0.15) is 0 Å². The average Bonchev–Trinajstić information content (AvgIpc) is 2.88. The van der Waals surface area contributed by atoms with E-state index in [4.69, 9.17) is 9.84 Å². The Bertz CT molecular complexity index is 500. The summed E-state index contributed by atoms with van der Waals surface area (Å²) in [5.74, 6) is -2.06. The zero-order valence-electron chi connectivity index (χ0n) is 15.4. The molecule has 0 bridgehead atoms. The summed E-state index contributed by atoms with van der Waals surface area (Å²) in [4.78, 5) is 0. The van der Waals surface area contributed by atoms with E-state index in [0.29, 0.717) is 6.54 Å². The smallest absolute Gasteiger partial charge is 0.219 e. The van der Waals surface area contributed by atoms with Gasteiger partial charge in [-0.05, 0) is 31.4 Å². The van der Waals surface area contributed by atoms with E-state index in [0.717, 1.165) is 25.8 Å². The molecule has 4 atom stereocenters. The fourth-order valence-corrected chi connectivity index (χ4v) is 3.34. The molecule has 0 saturated carbocycles. The third-order valence-electron chi connectivity index (χ3n) is 5.01. The molecule has 1 aliphatic heterocycles. The first-order valence-electron chi connectivity index (χ1n) is 9.68. The van der Waals surface area contributed by atoms with Gasteiger partial charge in [-0.15, -0.1) is 0 Å². The molecule has 5 N–H and O–H groups in total. The number of nitrogens with one attached hydrogen (secondary N) is 1. The maximum atomic E-state index is 9.84. The van der Waals surface area contributed by atoms with Crippen molar-refractivity contribution in [3.63, 3.8) is 0 Å². The summed E-state index contributed by atoms with van der Waals surface area (Å²) < 4.78 is 5.17. The number of rotatable bonds is 12. The Morgan fingerprint density at radius 1 is 0.962 bits per heavy atom. The number of hydrogen-bond acceptors (Lipinski definition) is 6. The molecule has 1 aromatic carbocycles. The highest BCUT2D eigenvalue weighted by Crippen LogP contribution is 2.28. The van der Waals surface area contributed by atoms with Gasteiger partial charge >= 0.3 is 0 Å². The van der Waals surface area contributed by atoms with Crippen LogP contribution in [0.4, 0.5) is 0 Å². The molecular formula is C20H33NO5. The van der Waals surface area contributed by atoms with E-state index in [1.54, 1.807) is 0 Å². The van der Waals surface area contributed by atoms with Gasteiger partial charge in [0.05, 0.1) is 6.61 Å². The van der Waals surface area contributed by atoms with E-state index in [-0.39, 0.29) is 0 Å². The average molecular weight is 367 g/mol. The van der Waals surface area contributed by atoms with Crippen LogP contribution in [0.25, 0.3) is 0 Å². The fourth-order valence-electron chi connectivity index (χ4n) is 3.34. The zero-order chi connectivity index (χ0) is 18.8. The third-order valence-corrected chi connectivity index (χ3v) is 5.01. The van der Waals surface area contributed by atoms with Crippen LogP contribution in [0.1, 0.15) is 44.1 Å². The largest absolute Gasteiger partial charge is 0.391 e. The van der Waals surface area contributed by atoms with Gasteiger partial charge in [0.1, 0.15) is 18.3 Å². The molecule has 1 aliphatic rings. The van der Waals surface area contributed by atoms with Crippen LogP contribution in [-0.2, 0) is 11.2 Å². The second-order valence-corrected chi connectivity index (χ2v) is 7.16. The Kier molecular flexibility index (Phi) is 8.98. The number of hydrogen-bond donors (Lipinski definition) is 5. The van der Waals surface area contributed by atoms with E-state index in [1.165, 1.54) is 31.2 Å². The Morgan fingerprint density at radius 3 is 2.27 bits per heavy atom. The van der Waals surface area contributed by atoms with Gasteiger partial charge in [-0.1, -0.05) is 56.0 Å². The Hall–Kier alpha value is -1.02. The molecule has 1 saturated heterocycles. The highest BCUT2D eigenvalue weighted by molar-refractivity contribution is 5.14. The lowest BCUT2D eigenvalue weighted by Crippen LogP contribution is -2.46. The van der Waals surface area contributed by atoms with Gasteiger partial charge in [0.25, 0.3) is 0 Å². The highest BCUT2D eigenvalue weighted by atomic mass is 16.7. The van der Waals surface area contributed by atoms with Crippen molar-refractivity contribution in [3.05, 3.63) is 35.9 Å². The first kappa shape index (κ1) is 21.3. The number of aliphatic hydroxyl groups excluding tert-OH is 3. The van der Waals surface area contributed by atoms with E-state index >= 15 is 0 Å². The van der Waals surface area contributed by atoms with Crippen LogP contribution >= 0.6 is 0 Å². The van der Waals surface area contributed by atoms with Crippen molar-refractivity contribution >= 4 is 0 Å². The van der Waals surface area contributed by atoms with Crippen LogP contribution < -0.4 is 5.32 Å². The lowest BCUT2D eigenvalue weighted by Gasteiger charge is -2.22. The molecule has 0 aliphatic carbocycles. The first-order chi connectivity index (χ1) is 12.6. The van der Waals surface area contributed by atoms with Crippen molar-refractivity contribution in [3.8, 4) is 0 Å².